The van der Waals surface area contributed by atoms with Gasteiger partial charge in [0.1, 0.15) is 10.6 Å². The zero-order valence-electron chi connectivity index (χ0n) is 13.5. The molecule has 9 heteroatoms. The van der Waals surface area contributed by atoms with E-state index >= 15 is 0 Å². The van der Waals surface area contributed by atoms with Crippen LogP contribution in [0.3, 0.4) is 0 Å². The lowest BCUT2D eigenvalue weighted by Crippen LogP contribution is -2.41. The molecule has 0 saturated heterocycles. The Labute approximate surface area is 140 Å². The summed E-state index contributed by atoms with van der Waals surface area (Å²) >= 11 is 0. The molecule has 0 radical (unpaired) electrons. The van der Waals surface area contributed by atoms with Crippen LogP contribution < -0.4 is 9.46 Å². The minimum atomic E-state index is -3.73. The number of sulfonamides is 1. The molecule has 2 aromatic rings. The largest absolute Gasteiger partial charge is 0.495 e. The highest BCUT2D eigenvalue weighted by molar-refractivity contribution is 7.89. The average Bonchev–Trinajstić information content (AvgIpc) is 2.97. The molecule has 2 aromatic heterocycles. The Kier molecular flexibility index (Phi) is 4.57. The van der Waals surface area contributed by atoms with Crippen molar-refractivity contribution in [3.63, 3.8) is 0 Å². The molecule has 2 heterocycles. The average molecular weight is 352 g/mol. The summed E-state index contributed by atoms with van der Waals surface area (Å²) in [5, 5.41) is 13.5. The molecule has 1 saturated carbocycles. The number of ether oxygens (including phenoxy) is 1. The van der Waals surface area contributed by atoms with Gasteiger partial charge in [0.2, 0.25) is 10.0 Å². The summed E-state index contributed by atoms with van der Waals surface area (Å²) in [6.07, 6.45) is 6.61. The van der Waals surface area contributed by atoms with Gasteiger partial charge in [-0.15, -0.1) is 0 Å². The van der Waals surface area contributed by atoms with Gasteiger partial charge in [0, 0.05) is 19.4 Å². The molecule has 1 atom stereocenters. The Bertz CT molecular complexity index is 814. The van der Waals surface area contributed by atoms with Gasteiger partial charge in [0.05, 0.1) is 31.6 Å². The third-order valence-corrected chi connectivity index (χ3v) is 5.62. The Hall–Kier alpha value is -1.97. The molecule has 1 fully saturated rings. The number of aliphatic hydroxyl groups excluding tert-OH is 1. The van der Waals surface area contributed by atoms with Crippen LogP contribution in [0.4, 0.5) is 0 Å². The second-order valence-corrected chi connectivity index (χ2v) is 7.71. The number of nitrogens with one attached hydrogen (secondary N) is 1. The first-order valence-electron chi connectivity index (χ1n) is 7.57. The van der Waals surface area contributed by atoms with Crippen molar-refractivity contribution in [2.24, 2.45) is 13.0 Å². The van der Waals surface area contributed by atoms with Gasteiger partial charge >= 0.3 is 0 Å². The standard InChI is InChI=1S/C15H20N4O4S/c1-19-9-14(8-17-19)24(21,22)18-15(10-3-12(20)4-10)11-5-13(23-2)7-16-6-11/h5-10,12,15,18,20H,3-4H2,1-2H3. The van der Waals surface area contributed by atoms with Gasteiger partial charge in [0.15, 0.2) is 0 Å². The number of aryl methyl sites for hydroxylation is 1. The van der Waals surface area contributed by atoms with Crippen molar-refractivity contribution in [3.05, 3.63) is 36.4 Å². The lowest BCUT2D eigenvalue weighted by molar-refractivity contribution is 0.0279. The highest BCUT2D eigenvalue weighted by Crippen LogP contribution is 2.39. The maximum absolute atomic E-state index is 12.6. The fourth-order valence-electron chi connectivity index (χ4n) is 2.83. The maximum Gasteiger partial charge on any atom is 0.244 e. The van der Waals surface area contributed by atoms with Gasteiger partial charge < -0.3 is 9.84 Å². The molecule has 0 amide bonds. The van der Waals surface area contributed by atoms with Gasteiger partial charge in [0.25, 0.3) is 0 Å². The minimum Gasteiger partial charge on any atom is -0.495 e. The van der Waals surface area contributed by atoms with Crippen molar-refractivity contribution < 1.29 is 18.3 Å². The van der Waals surface area contributed by atoms with E-state index in [-0.39, 0.29) is 16.9 Å². The van der Waals surface area contributed by atoms with Gasteiger partial charge in [-0.1, -0.05) is 0 Å². The van der Waals surface area contributed by atoms with Crippen LogP contribution in [0, 0.1) is 5.92 Å². The van der Waals surface area contributed by atoms with Crippen molar-refractivity contribution in [2.75, 3.05) is 7.11 Å². The van der Waals surface area contributed by atoms with Gasteiger partial charge in [-0.2, -0.15) is 5.10 Å². The summed E-state index contributed by atoms with van der Waals surface area (Å²) in [6, 6.07) is 1.27. The molecule has 0 aromatic carbocycles. The third-order valence-electron chi connectivity index (χ3n) is 4.22. The highest BCUT2D eigenvalue weighted by Gasteiger charge is 2.37. The van der Waals surface area contributed by atoms with E-state index in [0.717, 1.165) is 0 Å². The zero-order chi connectivity index (χ0) is 17.3. The second kappa shape index (κ2) is 6.50. The Morgan fingerprint density at radius 1 is 1.38 bits per heavy atom. The summed E-state index contributed by atoms with van der Waals surface area (Å²) in [4.78, 5) is 4.21. The van der Waals surface area contributed by atoms with E-state index in [4.69, 9.17) is 4.74 Å². The van der Waals surface area contributed by atoms with Gasteiger partial charge in [-0.05, 0) is 30.4 Å². The Morgan fingerprint density at radius 2 is 2.12 bits per heavy atom. The van der Waals surface area contributed by atoms with Crippen LogP contribution in [0.5, 0.6) is 5.75 Å². The summed E-state index contributed by atoms with van der Waals surface area (Å²) in [7, 11) is -0.541. The Morgan fingerprint density at radius 3 is 2.71 bits per heavy atom. The van der Waals surface area contributed by atoms with Crippen molar-refractivity contribution in [2.45, 2.75) is 29.9 Å². The quantitative estimate of drug-likeness (QED) is 0.789. The molecular formula is C15H20N4O4S. The molecule has 1 unspecified atom stereocenters. The van der Waals surface area contributed by atoms with E-state index in [1.807, 2.05) is 0 Å². The summed E-state index contributed by atoms with van der Waals surface area (Å²) < 4.78 is 34.6. The number of hydrogen-bond donors (Lipinski definition) is 2. The van der Waals surface area contributed by atoms with Crippen LogP contribution >= 0.6 is 0 Å². The third kappa shape index (κ3) is 3.42. The molecule has 2 N–H and O–H groups in total. The summed E-state index contributed by atoms with van der Waals surface area (Å²) in [5.74, 6) is 0.554. The van der Waals surface area contributed by atoms with E-state index in [1.165, 1.54) is 24.2 Å². The highest BCUT2D eigenvalue weighted by atomic mass is 32.2. The first kappa shape index (κ1) is 16.9. The summed E-state index contributed by atoms with van der Waals surface area (Å²) in [5.41, 5.74) is 0.707. The lowest BCUT2D eigenvalue weighted by Gasteiger charge is -2.37. The molecule has 130 valence electrons. The number of nitrogens with zero attached hydrogens (tertiary/aromatic N) is 3. The molecule has 3 rings (SSSR count). The summed E-state index contributed by atoms with van der Waals surface area (Å²) in [6.45, 7) is 0. The monoisotopic (exact) mass is 352 g/mol. The number of rotatable bonds is 6. The van der Waals surface area contributed by atoms with Crippen molar-refractivity contribution in [1.29, 1.82) is 0 Å². The van der Waals surface area contributed by atoms with Crippen LogP contribution in [0.2, 0.25) is 0 Å². The van der Waals surface area contributed by atoms with E-state index in [1.54, 1.807) is 25.5 Å². The SMILES string of the molecule is COc1cncc(C(NS(=O)(=O)c2cnn(C)c2)C2CC(O)C2)c1. The number of methoxy groups -OCH3 is 1. The van der Waals surface area contributed by atoms with Crippen LogP contribution in [0.1, 0.15) is 24.4 Å². The van der Waals surface area contributed by atoms with Crippen molar-refractivity contribution >= 4 is 10.0 Å². The van der Waals surface area contributed by atoms with E-state index in [9.17, 15) is 13.5 Å². The molecular weight excluding hydrogens is 332 g/mol. The van der Waals surface area contributed by atoms with Crippen molar-refractivity contribution in [1.82, 2.24) is 19.5 Å². The number of pyridine rings is 1. The van der Waals surface area contributed by atoms with Crippen LogP contribution in [-0.2, 0) is 17.1 Å². The molecule has 1 aliphatic carbocycles. The zero-order valence-corrected chi connectivity index (χ0v) is 14.3. The maximum atomic E-state index is 12.6. The smallest absolute Gasteiger partial charge is 0.244 e. The van der Waals surface area contributed by atoms with Crippen LogP contribution in [0.15, 0.2) is 35.7 Å². The normalized spacial score (nSPS) is 22.0. The molecule has 24 heavy (non-hydrogen) atoms. The second-order valence-electron chi connectivity index (χ2n) is 5.99. The van der Waals surface area contributed by atoms with Crippen LogP contribution in [-0.4, -0.2) is 41.5 Å². The van der Waals surface area contributed by atoms with Gasteiger partial charge in [-0.25, -0.2) is 13.1 Å². The fourth-order valence-corrected chi connectivity index (χ4v) is 4.10. The molecule has 0 aliphatic heterocycles. The molecule has 8 nitrogen and oxygen atoms in total. The van der Waals surface area contributed by atoms with E-state index in [2.05, 4.69) is 14.8 Å². The van der Waals surface area contributed by atoms with E-state index in [0.29, 0.717) is 24.2 Å². The van der Waals surface area contributed by atoms with E-state index < -0.39 is 16.1 Å². The first-order valence-corrected chi connectivity index (χ1v) is 9.05. The number of hydrogen-bond acceptors (Lipinski definition) is 6. The topological polar surface area (TPSA) is 106 Å². The molecule has 0 bridgehead atoms. The number of aromatic nitrogens is 3. The predicted molar refractivity (Wildman–Crippen MR) is 85.8 cm³/mol. The Balaban J connectivity index is 1.90. The lowest BCUT2D eigenvalue weighted by atomic mass is 9.76. The fraction of sp³-hybridized carbons (Fsp3) is 0.467. The van der Waals surface area contributed by atoms with Crippen molar-refractivity contribution in [3.8, 4) is 5.75 Å². The molecule has 1 aliphatic rings. The number of aliphatic hydroxyl groups is 1. The molecule has 0 spiro atoms. The van der Waals surface area contributed by atoms with Crippen LogP contribution in [0.25, 0.3) is 0 Å². The minimum absolute atomic E-state index is 0.000326. The first-order chi connectivity index (χ1) is 11.4. The van der Waals surface area contributed by atoms with Gasteiger partial charge in [-0.3, -0.25) is 9.67 Å². The predicted octanol–water partition coefficient (Wildman–Crippen LogP) is 0.614.